The van der Waals surface area contributed by atoms with E-state index in [-0.39, 0.29) is 18.1 Å². The second kappa shape index (κ2) is 7.55. The molecule has 9 heteroatoms. The second-order valence-electron chi connectivity index (χ2n) is 6.25. The van der Waals surface area contributed by atoms with Crippen LogP contribution in [0.1, 0.15) is 34.9 Å². The Morgan fingerprint density at radius 3 is 2.58 bits per heavy atom. The van der Waals surface area contributed by atoms with Crippen LogP contribution in [0.3, 0.4) is 0 Å². The Labute approximate surface area is 154 Å². The molecule has 0 aliphatic carbocycles. The smallest absolute Gasteiger partial charge is 0.348 e. The Morgan fingerprint density at radius 2 is 1.96 bits per heavy atom. The number of carbonyl (C=O) groups is 2. The van der Waals surface area contributed by atoms with Gasteiger partial charge in [-0.25, -0.2) is 9.78 Å². The highest BCUT2D eigenvalue weighted by molar-refractivity contribution is 7.20. The van der Waals surface area contributed by atoms with Crippen LogP contribution in [0.15, 0.2) is 4.79 Å². The summed E-state index contributed by atoms with van der Waals surface area (Å²) in [6.45, 7) is 8.66. The molecule has 26 heavy (non-hydrogen) atoms. The molecule has 0 spiro atoms. The normalized spacial score (nSPS) is 15.4. The van der Waals surface area contributed by atoms with Crippen LogP contribution >= 0.6 is 11.3 Å². The van der Waals surface area contributed by atoms with E-state index in [9.17, 15) is 14.4 Å². The zero-order chi connectivity index (χ0) is 18.8. The van der Waals surface area contributed by atoms with Gasteiger partial charge < -0.3 is 14.6 Å². The number of hydrogen-bond donors (Lipinski definition) is 1. The number of hydrogen-bond acceptors (Lipinski definition) is 7. The monoisotopic (exact) mass is 378 g/mol. The van der Waals surface area contributed by atoms with Crippen molar-refractivity contribution in [1.82, 2.24) is 19.8 Å². The van der Waals surface area contributed by atoms with Crippen molar-refractivity contribution < 1.29 is 14.3 Å². The lowest BCUT2D eigenvalue weighted by Crippen LogP contribution is -2.47. The third kappa shape index (κ3) is 3.63. The first kappa shape index (κ1) is 18.5. The summed E-state index contributed by atoms with van der Waals surface area (Å²) in [6.07, 6.45) is 0. The number of rotatable bonds is 4. The topological polar surface area (TPSA) is 95.6 Å². The molecule has 0 aromatic carbocycles. The summed E-state index contributed by atoms with van der Waals surface area (Å²) in [5.74, 6) is 0.225. The van der Waals surface area contributed by atoms with Gasteiger partial charge in [-0.2, -0.15) is 0 Å². The maximum absolute atomic E-state index is 12.5. The number of carbonyl (C=O) groups excluding carboxylic acids is 2. The molecule has 0 bridgehead atoms. The molecule has 1 aliphatic heterocycles. The number of thiophene rings is 1. The molecule has 1 amide bonds. The number of aryl methyl sites for hydroxylation is 1. The van der Waals surface area contributed by atoms with Crippen LogP contribution in [-0.4, -0.2) is 64.4 Å². The minimum Gasteiger partial charge on any atom is -0.462 e. The number of fused-ring (bicyclic) bond motifs is 1. The molecule has 2 aromatic rings. The van der Waals surface area contributed by atoms with Gasteiger partial charge in [-0.1, -0.05) is 0 Å². The summed E-state index contributed by atoms with van der Waals surface area (Å²) in [4.78, 5) is 48.2. The third-order valence-corrected chi connectivity index (χ3v) is 5.67. The number of nitrogens with zero attached hydrogens (tertiary/aromatic N) is 3. The maximum atomic E-state index is 12.5. The van der Waals surface area contributed by atoms with E-state index in [0.29, 0.717) is 46.1 Å². The number of nitrogens with one attached hydrogen (secondary N) is 1. The summed E-state index contributed by atoms with van der Waals surface area (Å²) < 4.78 is 5.05. The maximum Gasteiger partial charge on any atom is 0.348 e. The number of amides is 1. The summed E-state index contributed by atoms with van der Waals surface area (Å²) in [5, 5.41) is 0.447. The van der Waals surface area contributed by atoms with Crippen molar-refractivity contribution >= 4 is 33.4 Å². The van der Waals surface area contributed by atoms with Gasteiger partial charge in [-0.15, -0.1) is 11.3 Å². The average Bonchev–Trinajstić information content (AvgIpc) is 2.93. The van der Waals surface area contributed by atoms with Crippen molar-refractivity contribution in [3.63, 3.8) is 0 Å². The molecule has 0 saturated carbocycles. The van der Waals surface area contributed by atoms with E-state index in [0.717, 1.165) is 13.1 Å². The lowest BCUT2D eigenvalue weighted by Gasteiger charge is -2.33. The number of H-pyrrole nitrogens is 1. The summed E-state index contributed by atoms with van der Waals surface area (Å²) in [7, 11) is 0. The van der Waals surface area contributed by atoms with Crippen molar-refractivity contribution in [1.29, 1.82) is 0 Å². The molecule has 1 fully saturated rings. The first-order valence-electron chi connectivity index (χ1n) is 8.58. The zero-order valence-electron chi connectivity index (χ0n) is 15.1. The van der Waals surface area contributed by atoms with Crippen molar-refractivity contribution in [2.45, 2.75) is 27.3 Å². The highest BCUT2D eigenvalue weighted by Crippen LogP contribution is 2.27. The predicted octanol–water partition coefficient (Wildman–Crippen LogP) is 1.13. The zero-order valence-corrected chi connectivity index (χ0v) is 15.9. The fourth-order valence-electron chi connectivity index (χ4n) is 3.09. The number of aromatic nitrogens is 2. The minimum atomic E-state index is -0.422. The molecule has 1 saturated heterocycles. The molecular weight excluding hydrogens is 356 g/mol. The van der Waals surface area contributed by atoms with Gasteiger partial charge >= 0.3 is 5.97 Å². The Balaban J connectivity index is 1.82. The molecule has 0 atom stereocenters. The van der Waals surface area contributed by atoms with E-state index >= 15 is 0 Å². The first-order chi connectivity index (χ1) is 12.4. The van der Waals surface area contributed by atoms with E-state index in [4.69, 9.17) is 4.74 Å². The molecule has 3 heterocycles. The number of aromatic amines is 1. The number of ether oxygens (including phenoxy) is 1. The van der Waals surface area contributed by atoms with Crippen LogP contribution in [0.2, 0.25) is 0 Å². The van der Waals surface area contributed by atoms with E-state index in [2.05, 4.69) is 14.9 Å². The van der Waals surface area contributed by atoms with Crippen molar-refractivity contribution in [2.24, 2.45) is 0 Å². The van der Waals surface area contributed by atoms with Crippen LogP contribution in [0.5, 0.6) is 0 Å². The number of piperazine rings is 1. The largest absolute Gasteiger partial charge is 0.462 e. The predicted molar refractivity (Wildman–Crippen MR) is 98.5 cm³/mol. The van der Waals surface area contributed by atoms with Crippen LogP contribution < -0.4 is 5.56 Å². The Bertz CT molecular complexity index is 896. The van der Waals surface area contributed by atoms with E-state index in [1.54, 1.807) is 20.8 Å². The third-order valence-electron chi connectivity index (χ3n) is 4.50. The molecule has 1 N–H and O–H groups in total. The lowest BCUT2D eigenvalue weighted by atomic mass is 10.2. The van der Waals surface area contributed by atoms with E-state index in [1.165, 1.54) is 11.3 Å². The van der Waals surface area contributed by atoms with Crippen molar-refractivity contribution in [2.75, 3.05) is 32.8 Å². The molecule has 0 unspecified atom stereocenters. The highest BCUT2D eigenvalue weighted by Gasteiger charge is 2.22. The fourth-order valence-corrected chi connectivity index (χ4v) is 4.18. The van der Waals surface area contributed by atoms with Crippen LogP contribution in [-0.2, 0) is 16.1 Å². The van der Waals surface area contributed by atoms with Crippen LogP contribution in [0.4, 0.5) is 0 Å². The van der Waals surface area contributed by atoms with Crippen molar-refractivity contribution in [3.8, 4) is 0 Å². The van der Waals surface area contributed by atoms with Gasteiger partial charge in [0.2, 0.25) is 5.91 Å². The lowest BCUT2D eigenvalue weighted by molar-refractivity contribution is -0.130. The Morgan fingerprint density at radius 1 is 1.27 bits per heavy atom. The molecule has 8 nitrogen and oxygen atoms in total. The molecular formula is C17H22N4O4S. The van der Waals surface area contributed by atoms with Crippen LogP contribution in [0, 0.1) is 6.92 Å². The molecule has 140 valence electrons. The molecule has 0 radical (unpaired) electrons. The molecule has 2 aromatic heterocycles. The standard InChI is InChI=1S/C17H22N4O4S/c1-4-25-17(24)14-10(2)13-15(23)18-12(19-16(13)26-14)9-20-5-7-21(8-6-20)11(3)22/h4-9H2,1-3H3,(H,18,19,23). The summed E-state index contributed by atoms with van der Waals surface area (Å²) in [6, 6.07) is 0. The summed E-state index contributed by atoms with van der Waals surface area (Å²) in [5.41, 5.74) is 0.371. The number of esters is 1. The van der Waals surface area contributed by atoms with E-state index in [1.807, 2.05) is 4.90 Å². The first-order valence-corrected chi connectivity index (χ1v) is 9.39. The molecule has 1 aliphatic rings. The van der Waals surface area contributed by atoms with Gasteiger partial charge in [-0.3, -0.25) is 14.5 Å². The van der Waals surface area contributed by atoms with Gasteiger partial charge in [-0.05, 0) is 19.4 Å². The summed E-state index contributed by atoms with van der Waals surface area (Å²) >= 11 is 1.19. The van der Waals surface area contributed by atoms with E-state index < -0.39 is 5.97 Å². The fraction of sp³-hybridized carbons (Fsp3) is 0.529. The van der Waals surface area contributed by atoms with Crippen molar-refractivity contribution in [3.05, 3.63) is 26.6 Å². The van der Waals surface area contributed by atoms with Gasteiger partial charge in [0, 0.05) is 33.1 Å². The van der Waals surface area contributed by atoms with Gasteiger partial charge in [0.25, 0.3) is 5.56 Å². The quantitative estimate of drug-likeness (QED) is 0.802. The average molecular weight is 378 g/mol. The Hall–Kier alpha value is -2.26. The van der Waals surface area contributed by atoms with Crippen LogP contribution in [0.25, 0.3) is 10.2 Å². The Kier molecular flexibility index (Phi) is 5.38. The second-order valence-corrected chi connectivity index (χ2v) is 7.25. The SMILES string of the molecule is CCOC(=O)c1sc2nc(CN3CCN(C(C)=O)CC3)[nH]c(=O)c2c1C. The van der Waals surface area contributed by atoms with Gasteiger partial charge in [0.05, 0.1) is 18.5 Å². The minimum absolute atomic E-state index is 0.0816. The highest BCUT2D eigenvalue weighted by atomic mass is 32.1. The molecule has 3 rings (SSSR count). The van der Waals surface area contributed by atoms with Gasteiger partial charge in [0.15, 0.2) is 0 Å². The van der Waals surface area contributed by atoms with Gasteiger partial charge in [0.1, 0.15) is 15.5 Å².